The molecule has 0 atom stereocenters. The second-order valence-electron chi connectivity index (χ2n) is 4.30. The Hall–Kier alpha value is -1.68. The summed E-state index contributed by atoms with van der Waals surface area (Å²) in [6, 6.07) is 3.89. The number of hydrogen-bond donors (Lipinski definition) is 2. The van der Waals surface area contributed by atoms with Crippen molar-refractivity contribution in [1.29, 1.82) is 0 Å². The van der Waals surface area contributed by atoms with E-state index in [1.807, 2.05) is 19.2 Å². The van der Waals surface area contributed by atoms with Crippen LogP contribution in [0.4, 0.5) is 0 Å². The molecule has 2 N–H and O–H groups in total. The van der Waals surface area contributed by atoms with Gasteiger partial charge in [0.1, 0.15) is 11.5 Å². The fraction of sp³-hybridized carbons (Fsp3) is 0.429. The van der Waals surface area contributed by atoms with Crippen LogP contribution in [0, 0.1) is 6.92 Å². The molecule has 1 aromatic carbocycles. The number of nitrogens with one attached hydrogen (secondary N) is 2. The first kappa shape index (κ1) is 12.8. The third kappa shape index (κ3) is 2.04. The SMILES string of the molecule is CNCCc1c(C)[nH]c2c(OC)ccc(OC)c12. The van der Waals surface area contributed by atoms with Gasteiger partial charge >= 0.3 is 0 Å². The van der Waals surface area contributed by atoms with E-state index in [1.165, 1.54) is 11.3 Å². The average Bonchev–Trinajstić information content (AvgIpc) is 2.72. The number of aromatic amines is 1. The highest BCUT2D eigenvalue weighted by Crippen LogP contribution is 2.36. The Bertz CT molecular complexity index is 546. The van der Waals surface area contributed by atoms with Crippen molar-refractivity contribution in [3.05, 3.63) is 23.4 Å². The summed E-state index contributed by atoms with van der Waals surface area (Å²) < 4.78 is 10.9. The van der Waals surface area contributed by atoms with Gasteiger partial charge in [0, 0.05) is 11.1 Å². The molecule has 2 aromatic rings. The Morgan fingerprint density at radius 1 is 1.17 bits per heavy atom. The number of likely N-dealkylation sites (N-methyl/N-ethyl adjacent to an activating group) is 1. The van der Waals surface area contributed by atoms with Gasteiger partial charge in [-0.3, -0.25) is 0 Å². The number of ether oxygens (including phenoxy) is 2. The molecule has 0 aliphatic rings. The molecule has 1 heterocycles. The Morgan fingerprint density at radius 2 is 1.83 bits per heavy atom. The maximum absolute atomic E-state index is 5.46. The molecule has 0 fully saturated rings. The number of H-pyrrole nitrogens is 1. The Kier molecular flexibility index (Phi) is 3.77. The molecule has 4 nitrogen and oxygen atoms in total. The van der Waals surface area contributed by atoms with E-state index in [1.54, 1.807) is 14.2 Å². The largest absolute Gasteiger partial charge is 0.496 e. The summed E-state index contributed by atoms with van der Waals surface area (Å²) in [4.78, 5) is 3.40. The molecule has 2 rings (SSSR count). The predicted molar refractivity (Wildman–Crippen MR) is 73.8 cm³/mol. The van der Waals surface area contributed by atoms with Gasteiger partial charge in [-0.25, -0.2) is 0 Å². The molecular weight excluding hydrogens is 228 g/mol. The first-order valence-electron chi connectivity index (χ1n) is 6.09. The molecule has 18 heavy (non-hydrogen) atoms. The highest BCUT2D eigenvalue weighted by atomic mass is 16.5. The lowest BCUT2D eigenvalue weighted by atomic mass is 10.1. The van der Waals surface area contributed by atoms with Crippen LogP contribution in [0.25, 0.3) is 10.9 Å². The zero-order chi connectivity index (χ0) is 13.1. The lowest BCUT2D eigenvalue weighted by molar-refractivity contribution is 0.410. The third-order valence-electron chi connectivity index (χ3n) is 3.26. The quantitative estimate of drug-likeness (QED) is 0.853. The number of fused-ring (bicyclic) bond motifs is 1. The fourth-order valence-electron chi connectivity index (χ4n) is 2.34. The molecule has 98 valence electrons. The minimum Gasteiger partial charge on any atom is -0.496 e. The van der Waals surface area contributed by atoms with Crippen LogP contribution in [0.15, 0.2) is 12.1 Å². The number of methoxy groups -OCH3 is 2. The Labute approximate surface area is 107 Å². The number of aromatic nitrogens is 1. The number of rotatable bonds is 5. The van der Waals surface area contributed by atoms with Crippen LogP contribution in [0.1, 0.15) is 11.3 Å². The zero-order valence-electron chi connectivity index (χ0n) is 11.4. The van der Waals surface area contributed by atoms with E-state index in [4.69, 9.17) is 9.47 Å². The summed E-state index contributed by atoms with van der Waals surface area (Å²) in [7, 11) is 5.35. The lowest BCUT2D eigenvalue weighted by Crippen LogP contribution is -2.10. The minimum atomic E-state index is 0.851. The van der Waals surface area contributed by atoms with Crippen LogP contribution in [0.2, 0.25) is 0 Å². The number of benzene rings is 1. The number of hydrogen-bond acceptors (Lipinski definition) is 3. The highest BCUT2D eigenvalue weighted by Gasteiger charge is 2.15. The van der Waals surface area contributed by atoms with E-state index in [2.05, 4.69) is 17.2 Å². The highest BCUT2D eigenvalue weighted by molar-refractivity contribution is 5.94. The molecule has 0 radical (unpaired) electrons. The van der Waals surface area contributed by atoms with Crippen LogP contribution in [0.3, 0.4) is 0 Å². The summed E-state index contributed by atoms with van der Waals surface area (Å²) in [6.45, 7) is 3.03. The third-order valence-corrected chi connectivity index (χ3v) is 3.26. The van der Waals surface area contributed by atoms with Gasteiger partial charge in [0.25, 0.3) is 0 Å². The van der Waals surface area contributed by atoms with Crippen molar-refractivity contribution in [2.45, 2.75) is 13.3 Å². The summed E-state index contributed by atoms with van der Waals surface area (Å²) in [5.74, 6) is 1.74. The molecule has 0 spiro atoms. The van der Waals surface area contributed by atoms with Gasteiger partial charge in [0.05, 0.1) is 19.7 Å². The molecular formula is C14H20N2O2. The average molecular weight is 248 g/mol. The van der Waals surface area contributed by atoms with Crippen LogP contribution >= 0.6 is 0 Å². The van der Waals surface area contributed by atoms with Gasteiger partial charge in [0.2, 0.25) is 0 Å². The maximum atomic E-state index is 5.46. The lowest BCUT2D eigenvalue weighted by Gasteiger charge is -2.08. The first-order valence-corrected chi connectivity index (χ1v) is 6.09. The van der Waals surface area contributed by atoms with Crippen molar-refractivity contribution >= 4 is 10.9 Å². The number of aryl methyl sites for hydroxylation is 1. The van der Waals surface area contributed by atoms with Crippen molar-refractivity contribution in [2.24, 2.45) is 0 Å². The topological polar surface area (TPSA) is 46.3 Å². The second kappa shape index (κ2) is 5.31. The van der Waals surface area contributed by atoms with E-state index in [0.717, 1.165) is 35.4 Å². The van der Waals surface area contributed by atoms with Gasteiger partial charge in [0.15, 0.2) is 0 Å². The zero-order valence-corrected chi connectivity index (χ0v) is 11.4. The van der Waals surface area contributed by atoms with E-state index in [-0.39, 0.29) is 0 Å². The predicted octanol–water partition coefficient (Wildman–Crippen LogP) is 2.26. The molecule has 0 bridgehead atoms. The Morgan fingerprint density at radius 3 is 2.44 bits per heavy atom. The van der Waals surface area contributed by atoms with Gasteiger partial charge in [-0.1, -0.05) is 0 Å². The summed E-state index contributed by atoms with van der Waals surface area (Å²) in [5.41, 5.74) is 3.47. The van der Waals surface area contributed by atoms with E-state index < -0.39 is 0 Å². The van der Waals surface area contributed by atoms with Gasteiger partial charge in [-0.2, -0.15) is 0 Å². The minimum absolute atomic E-state index is 0.851. The van der Waals surface area contributed by atoms with Crippen molar-refractivity contribution in [3.63, 3.8) is 0 Å². The summed E-state index contributed by atoms with van der Waals surface area (Å²) in [5, 5.41) is 4.31. The second-order valence-corrected chi connectivity index (χ2v) is 4.30. The van der Waals surface area contributed by atoms with Crippen LogP contribution in [-0.2, 0) is 6.42 Å². The van der Waals surface area contributed by atoms with Crippen molar-refractivity contribution in [2.75, 3.05) is 27.8 Å². The molecule has 0 aliphatic carbocycles. The van der Waals surface area contributed by atoms with Gasteiger partial charge < -0.3 is 19.8 Å². The first-order chi connectivity index (χ1) is 8.72. The molecule has 4 heteroatoms. The summed E-state index contributed by atoms with van der Waals surface area (Å²) >= 11 is 0. The molecule has 0 unspecified atom stereocenters. The van der Waals surface area contributed by atoms with Crippen molar-refractivity contribution < 1.29 is 9.47 Å². The van der Waals surface area contributed by atoms with Crippen molar-refractivity contribution in [1.82, 2.24) is 10.3 Å². The van der Waals surface area contributed by atoms with Crippen LogP contribution in [0.5, 0.6) is 11.5 Å². The van der Waals surface area contributed by atoms with Crippen LogP contribution < -0.4 is 14.8 Å². The summed E-state index contributed by atoms with van der Waals surface area (Å²) in [6.07, 6.45) is 0.964. The fourth-order valence-corrected chi connectivity index (χ4v) is 2.34. The molecule has 0 saturated carbocycles. The molecule has 0 aliphatic heterocycles. The van der Waals surface area contributed by atoms with E-state index in [9.17, 15) is 0 Å². The van der Waals surface area contributed by atoms with E-state index >= 15 is 0 Å². The smallest absolute Gasteiger partial charge is 0.143 e. The van der Waals surface area contributed by atoms with Crippen LogP contribution in [-0.4, -0.2) is 32.8 Å². The standard InChI is InChI=1S/C14H20N2O2/c1-9-10(7-8-15-2)13-11(17-3)5-6-12(18-4)14(13)16-9/h5-6,15-16H,7-8H2,1-4H3. The molecule has 0 saturated heterocycles. The molecule has 0 amide bonds. The normalized spacial score (nSPS) is 10.9. The van der Waals surface area contributed by atoms with E-state index in [0.29, 0.717) is 0 Å². The maximum Gasteiger partial charge on any atom is 0.143 e. The monoisotopic (exact) mass is 248 g/mol. The van der Waals surface area contributed by atoms with Crippen molar-refractivity contribution in [3.8, 4) is 11.5 Å². The van der Waals surface area contributed by atoms with Gasteiger partial charge in [-0.05, 0) is 44.6 Å². The van der Waals surface area contributed by atoms with Gasteiger partial charge in [-0.15, -0.1) is 0 Å². The molecule has 1 aromatic heterocycles. The Balaban J connectivity index is 2.65.